The molecule has 0 aromatic heterocycles. The summed E-state index contributed by atoms with van der Waals surface area (Å²) in [5, 5.41) is 12.7. The number of ether oxygens (including phenoxy) is 3. The van der Waals surface area contributed by atoms with E-state index in [1.165, 1.54) is 38.1 Å². The molecule has 1 N–H and O–H groups in total. The molecule has 0 heterocycles. The summed E-state index contributed by atoms with van der Waals surface area (Å²) in [5.41, 5.74) is 0.357. The van der Waals surface area contributed by atoms with Gasteiger partial charge in [-0.2, -0.15) is 0 Å². The van der Waals surface area contributed by atoms with Gasteiger partial charge in [0.25, 0.3) is 11.6 Å². The van der Waals surface area contributed by atoms with Gasteiger partial charge >= 0.3 is 5.97 Å². The molecule has 1 amide bonds. The number of nitrogens with one attached hydrogen (secondary N) is 1. The van der Waals surface area contributed by atoms with Gasteiger partial charge in [-0.1, -0.05) is 0 Å². The molecular weight excluding hydrogens is 400 g/mol. The maximum atomic E-state index is 12.1. The molecule has 0 bridgehead atoms. The Balaban J connectivity index is 1.87. The molecule has 0 radical (unpaired) electrons. The number of anilines is 1. The van der Waals surface area contributed by atoms with Crippen molar-refractivity contribution in [2.24, 2.45) is 0 Å². The zero-order valence-electron chi connectivity index (χ0n) is 16.0. The second-order valence-electron chi connectivity index (χ2n) is 5.73. The van der Waals surface area contributed by atoms with Crippen LogP contribution in [-0.4, -0.2) is 42.9 Å². The first-order chi connectivity index (χ1) is 13.8. The van der Waals surface area contributed by atoms with Gasteiger partial charge in [0.1, 0.15) is 16.7 Å². The lowest BCUT2D eigenvalue weighted by Gasteiger charge is -2.13. The van der Waals surface area contributed by atoms with Crippen molar-refractivity contribution in [2.45, 2.75) is 17.1 Å². The topological polar surface area (TPSA) is 117 Å². The van der Waals surface area contributed by atoms with Crippen molar-refractivity contribution in [1.29, 1.82) is 0 Å². The van der Waals surface area contributed by atoms with Crippen LogP contribution in [-0.2, 0) is 14.3 Å². The smallest absolute Gasteiger partial charge is 0.319 e. The third-order valence-corrected chi connectivity index (χ3v) is 4.81. The highest BCUT2D eigenvalue weighted by Gasteiger charge is 2.18. The van der Waals surface area contributed by atoms with E-state index in [1.807, 2.05) is 0 Å². The monoisotopic (exact) mass is 420 g/mol. The number of hydrogen-bond acceptors (Lipinski definition) is 8. The Hall–Kier alpha value is -3.27. The van der Waals surface area contributed by atoms with E-state index in [2.05, 4.69) is 5.32 Å². The van der Waals surface area contributed by atoms with Crippen LogP contribution < -0.4 is 14.8 Å². The van der Waals surface area contributed by atoms with Gasteiger partial charge in [-0.25, -0.2) is 0 Å². The summed E-state index contributed by atoms with van der Waals surface area (Å²) >= 11 is 1.17. The largest absolute Gasteiger partial charge is 0.497 e. The van der Waals surface area contributed by atoms with Crippen molar-refractivity contribution in [3.05, 3.63) is 52.6 Å². The number of rotatable bonds is 9. The number of nitro groups is 1. The maximum absolute atomic E-state index is 12.1. The average Bonchev–Trinajstić information content (AvgIpc) is 2.72. The van der Waals surface area contributed by atoms with Gasteiger partial charge in [0, 0.05) is 23.1 Å². The summed E-state index contributed by atoms with van der Waals surface area (Å²) < 4.78 is 15.3. The maximum Gasteiger partial charge on any atom is 0.319 e. The number of amides is 1. The van der Waals surface area contributed by atoms with Crippen LogP contribution in [0.1, 0.15) is 6.92 Å². The van der Waals surface area contributed by atoms with Crippen LogP contribution in [0, 0.1) is 10.1 Å². The number of methoxy groups -OCH3 is 2. The molecule has 2 aromatic carbocycles. The highest BCUT2D eigenvalue weighted by Crippen LogP contribution is 2.29. The number of carbonyl (C=O) groups is 2. The minimum Gasteiger partial charge on any atom is -0.497 e. The number of nitro benzene ring substituents is 1. The van der Waals surface area contributed by atoms with Gasteiger partial charge in [0.15, 0.2) is 6.61 Å². The molecule has 2 aromatic rings. The lowest BCUT2D eigenvalue weighted by molar-refractivity contribution is -0.384. The van der Waals surface area contributed by atoms with Crippen molar-refractivity contribution in [1.82, 2.24) is 0 Å². The average molecular weight is 420 g/mol. The van der Waals surface area contributed by atoms with E-state index in [-0.39, 0.29) is 5.69 Å². The lowest BCUT2D eigenvalue weighted by Crippen LogP contribution is -2.25. The Labute approximate surface area is 171 Å². The third kappa shape index (κ3) is 6.39. The highest BCUT2D eigenvalue weighted by atomic mass is 32.2. The Kier molecular flexibility index (Phi) is 7.84. The molecular formula is C19H20N2O7S. The number of hydrogen-bond donors (Lipinski definition) is 1. The Morgan fingerprint density at radius 3 is 2.41 bits per heavy atom. The number of carbonyl (C=O) groups excluding carboxylic acids is 2. The summed E-state index contributed by atoms with van der Waals surface area (Å²) in [5.74, 6) is -0.141. The highest BCUT2D eigenvalue weighted by molar-refractivity contribution is 8.00. The minimum absolute atomic E-state index is 0.0331. The van der Waals surface area contributed by atoms with Gasteiger partial charge in [0.05, 0.1) is 24.8 Å². The fourth-order valence-electron chi connectivity index (χ4n) is 2.25. The van der Waals surface area contributed by atoms with E-state index < -0.39 is 28.7 Å². The summed E-state index contributed by atoms with van der Waals surface area (Å²) in [4.78, 5) is 35.1. The molecule has 0 aliphatic heterocycles. The van der Waals surface area contributed by atoms with Crippen LogP contribution in [0.3, 0.4) is 0 Å². The van der Waals surface area contributed by atoms with Crippen molar-refractivity contribution in [3.8, 4) is 11.5 Å². The molecule has 1 atom stereocenters. The van der Waals surface area contributed by atoms with Crippen LogP contribution in [0.5, 0.6) is 11.5 Å². The molecule has 0 spiro atoms. The normalized spacial score (nSPS) is 11.3. The Bertz CT molecular complexity index is 887. The molecule has 0 fully saturated rings. The van der Waals surface area contributed by atoms with Gasteiger partial charge < -0.3 is 19.5 Å². The second-order valence-corrected chi connectivity index (χ2v) is 7.15. The number of nitrogens with zero attached hydrogens (tertiary/aromatic N) is 1. The summed E-state index contributed by atoms with van der Waals surface area (Å²) in [7, 11) is 2.97. The number of thioether (sulfide) groups is 1. The predicted octanol–water partition coefficient (Wildman–Crippen LogP) is 3.27. The van der Waals surface area contributed by atoms with E-state index >= 15 is 0 Å². The molecule has 9 nitrogen and oxygen atoms in total. The number of esters is 1. The van der Waals surface area contributed by atoms with Gasteiger partial charge in [0.2, 0.25) is 0 Å². The predicted molar refractivity (Wildman–Crippen MR) is 108 cm³/mol. The molecule has 0 saturated heterocycles. The Morgan fingerprint density at radius 1 is 1.14 bits per heavy atom. The summed E-state index contributed by atoms with van der Waals surface area (Å²) in [6.45, 7) is 1.15. The molecule has 2 rings (SSSR count). The molecule has 1 unspecified atom stereocenters. The Morgan fingerprint density at radius 2 is 1.83 bits per heavy atom. The number of benzene rings is 2. The molecule has 29 heavy (non-hydrogen) atoms. The van der Waals surface area contributed by atoms with Crippen LogP contribution in [0.2, 0.25) is 0 Å². The molecule has 10 heteroatoms. The number of non-ortho nitro benzene ring substituents is 1. The molecule has 0 aliphatic carbocycles. The van der Waals surface area contributed by atoms with E-state index in [9.17, 15) is 19.7 Å². The zero-order valence-corrected chi connectivity index (χ0v) is 16.9. The summed E-state index contributed by atoms with van der Waals surface area (Å²) in [6.07, 6.45) is 0. The first kappa shape index (κ1) is 22.0. The van der Waals surface area contributed by atoms with E-state index in [4.69, 9.17) is 14.2 Å². The molecule has 154 valence electrons. The van der Waals surface area contributed by atoms with E-state index in [0.717, 1.165) is 0 Å². The first-order valence-electron chi connectivity index (χ1n) is 8.43. The third-order valence-electron chi connectivity index (χ3n) is 3.72. The van der Waals surface area contributed by atoms with Crippen LogP contribution in [0.15, 0.2) is 47.4 Å². The fourth-order valence-corrected chi connectivity index (χ4v) is 3.12. The van der Waals surface area contributed by atoms with Crippen molar-refractivity contribution in [3.63, 3.8) is 0 Å². The quantitative estimate of drug-likeness (QED) is 0.284. The van der Waals surface area contributed by atoms with Crippen molar-refractivity contribution < 1.29 is 28.7 Å². The van der Waals surface area contributed by atoms with E-state index in [0.29, 0.717) is 22.1 Å². The molecule has 0 saturated carbocycles. The van der Waals surface area contributed by atoms with Crippen molar-refractivity contribution >= 4 is 35.0 Å². The summed E-state index contributed by atoms with van der Waals surface area (Å²) in [6, 6.07) is 10.7. The minimum atomic E-state index is -0.601. The van der Waals surface area contributed by atoms with Crippen LogP contribution >= 0.6 is 11.8 Å². The van der Waals surface area contributed by atoms with Crippen LogP contribution in [0.25, 0.3) is 0 Å². The first-order valence-corrected chi connectivity index (χ1v) is 9.31. The zero-order chi connectivity index (χ0) is 21.4. The van der Waals surface area contributed by atoms with Gasteiger partial charge in [-0.15, -0.1) is 11.8 Å². The standard InChI is InChI=1S/C19H20N2O7S/c1-12(29-15-7-4-13(5-8-15)21(24)25)19(23)28-11-18(22)20-16-10-14(26-2)6-9-17(16)27-3/h4-10,12H,11H2,1-3H3,(H,20,22). The van der Waals surface area contributed by atoms with Gasteiger partial charge in [-0.3, -0.25) is 19.7 Å². The molecule has 0 aliphatic rings. The van der Waals surface area contributed by atoms with Crippen LogP contribution in [0.4, 0.5) is 11.4 Å². The lowest BCUT2D eigenvalue weighted by atomic mass is 10.2. The fraction of sp³-hybridized carbons (Fsp3) is 0.263. The second kappa shape index (κ2) is 10.3. The SMILES string of the molecule is COc1ccc(OC)c(NC(=O)COC(=O)C(C)Sc2ccc([N+](=O)[O-])cc2)c1. The van der Waals surface area contributed by atoms with Crippen molar-refractivity contribution in [2.75, 3.05) is 26.1 Å². The van der Waals surface area contributed by atoms with E-state index in [1.54, 1.807) is 37.3 Å². The van der Waals surface area contributed by atoms with Gasteiger partial charge in [-0.05, 0) is 31.2 Å².